The van der Waals surface area contributed by atoms with Crippen LogP contribution >= 0.6 is 0 Å². The molecule has 0 N–H and O–H groups in total. The molecule has 1 aliphatic carbocycles. The molecule has 28 heavy (non-hydrogen) atoms. The average Bonchev–Trinajstić information content (AvgIpc) is 3.37. The Kier molecular flexibility index (Phi) is 4.08. The second-order valence-corrected chi connectivity index (χ2v) is 7.20. The molecular weight excluding hydrogens is 356 g/mol. The molecule has 0 amide bonds. The largest absolute Gasteiger partial charge is 0.454 e. The third-order valence-electron chi connectivity index (χ3n) is 5.43. The lowest BCUT2D eigenvalue weighted by atomic mass is 9.80. The standard InChI is InChI=1S/C23H20O5/c1-14-8-9-15(10-16-4-2-6-19-22(16)27-12-25-19)21(24)18(14)11-17-5-3-7-20-23(17)28-13-26-20/h2-7,10-11,14H,8-9,12-13H2,1H3/b15-10+,18-11?/t14-/m0/s1. The lowest BCUT2D eigenvalue weighted by Crippen LogP contribution is -2.19. The Bertz CT molecular complexity index is 1020. The zero-order chi connectivity index (χ0) is 19.1. The van der Waals surface area contributed by atoms with Crippen molar-refractivity contribution >= 4 is 17.9 Å². The predicted molar refractivity (Wildman–Crippen MR) is 104 cm³/mol. The molecular formula is C23H20O5. The number of ketones is 1. The lowest BCUT2D eigenvalue weighted by molar-refractivity contribution is -0.113. The number of carbonyl (C=O) groups is 1. The smallest absolute Gasteiger partial charge is 0.231 e. The highest BCUT2D eigenvalue weighted by Crippen LogP contribution is 2.41. The van der Waals surface area contributed by atoms with E-state index in [0.29, 0.717) is 11.5 Å². The maximum atomic E-state index is 13.3. The summed E-state index contributed by atoms with van der Waals surface area (Å²) in [7, 11) is 0. The molecule has 2 heterocycles. The van der Waals surface area contributed by atoms with Gasteiger partial charge in [-0.2, -0.15) is 0 Å². The van der Waals surface area contributed by atoms with Gasteiger partial charge in [0.1, 0.15) is 0 Å². The molecule has 2 aromatic carbocycles. The number of benzene rings is 2. The van der Waals surface area contributed by atoms with Gasteiger partial charge in [0.15, 0.2) is 28.8 Å². The van der Waals surface area contributed by atoms with Crippen LogP contribution in [0.1, 0.15) is 30.9 Å². The third kappa shape index (κ3) is 2.83. The van der Waals surface area contributed by atoms with Gasteiger partial charge in [-0.3, -0.25) is 4.79 Å². The number of hydrogen-bond acceptors (Lipinski definition) is 5. The molecule has 5 nitrogen and oxygen atoms in total. The summed E-state index contributed by atoms with van der Waals surface area (Å²) in [5, 5.41) is 0. The normalized spacial score (nSPS) is 22.9. The first-order valence-corrected chi connectivity index (χ1v) is 9.45. The molecule has 3 aliphatic rings. The Hall–Kier alpha value is -3.21. The maximum absolute atomic E-state index is 13.3. The van der Waals surface area contributed by atoms with E-state index in [2.05, 4.69) is 6.92 Å². The third-order valence-corrected chi connectivity index (χ3v) is 5.43. The van der Waals surface area contributed by atoms with Crippen LogP contribution < -0.4 is 18.9 Å². The van der Waals surface area contributed by atoms with Crippen LogP contribution in [0.25, 0.3) is 12.2 Å². The molecule has 0 spiro atoms. The molecule has 0 bridgehead atoms. The van der Waals surface area contributed by atoms with E-state index >= 15 is 0 Å². The zero-order valence-corrected chi connectivity index (χ0v) is 15.6. The van der Waals surface area contributed by atoms with Crippen molar-refractivity contribution in [1.82, 2.24) is 0 Å². The van der Waals surface area contributed by atoms with Gasteiger partial charge < -0.3 is 18.9 Å². The van der Waals surface area contributed by atoms with Crippen molar-refractivity contribution < 1.29 is 23.7 Å². The van der Waals surface area contributed by atoms with E-state index in [-0.39, 0.29) is 25.3 Å². The second-order valence-electron chi connectivity index (χ2n) is 7.20. The Morgan fingerprint density at radius 2 is 1.46 bits per heavy atom. The summed E-state index contributed by atoms with van der Waals surface area (Å²) in [5.41, 5.74) is 3.34. The molecule has 1 saturated carbocycles. The van der Waals surface area contributed by atoms with Gasteiger partial charge in [-0.15, -0.1) is 0 Å². The number of rotatable bonds is 2. The Morgan fingerprint density at radius 1 is 0.857 bits per heavy atom. The van der Waals surface area contributed by atoms with Crippen molar-refractivity contribution in [3.05, 3.63) is 58.7 Å². The molecule has 5 rings (SSSR count). The van der Waals surface area contributed by atoms with Crippen LogP contribution in [0.5, 0.6) is 23.0 Å². The molecule has 1 fully saturated rings. The van der Waals surface area contributed by atoms with E-state index in [1.54, 1.807) is 0 Å². The van der Waals surface area contributed by atoms with E-state index in [1.807, 2.05) is 48.6 Å². The Balaban J connectivity index is 1.52. The van der Waals surface area contributed by atoms with Crippen molar-refractivity contribution in [3.8, 4) is 23.0 Å². The summed E-state index contributed by atoms with van der Waals surface area (Å²) in [6.45, 7) is 2.52. The minimum atomic E-state index is 0.0757. The quantitative estimate of drug-likeness (QED) is 0.717. The number of ether oxygens (including phenoxy) is 4. The maximum Gasteiger partial charge on any atom is 0.231 e. The lowest BCUT2D eigenvalue weighted by Gasteiger charge is -2.23. The number of carbonyl (C=O) groups excluding carboxylic acids is 1. The summed E-state index contributed by atoms with van der Waals surface area (Å²) in [5.74, 6) is 3.11. The fourth-order valence-electron chi connectivity index (χ4n) is 3.88. The van der Waals surface area contributed by atoms with Gasteiger partial charge in [0.25, 0.3) is 0 Å². The van der Waals surface area contributed by atoms with Gasteiger partial charge in [-0.05, 0) is 43.0 Å². The van der Waals surface area contributed by atoms with E-state index < -0.39 is 0 Å². The fraction of sp³-hybridized carbons (Fsp3) is 0.261. The molecule has 5 heteroatoms. The average molecular weight is 376 g/mol. The summed E-state index contributed by atoms with van der Waals surface area (Å²) in [4.78, 5) is 13.3. The van der Waals surface area contributed by atoms with Crippen molar-refractivity contribution in [3.63, 3.8) is 0 Å². The van der Waals surface area contributed by atoms with Crippen LogP contribution in [0.4, 0.5) is 0 Å². The minimum Gasteiger partial charge on any atom is -0.454 e. The monoisotopic (exact) mass is 376 g/mol. The molecule has 2 aromatic rings. The molecule has 0 radical (unpaired) electrons. The van der Waals surface area contributed by atoms with Crippen molar-refractivity contribution in [2.24, 2.45) is 5.92 Å². The first-order valence-electron chi connectivity index (χ1n) is 9.45. The molecule has 0 aromatic heterocycles. The number of hydrogen-bond donors (Lipinski definition) is 0. The van der Waals surface area contributed by atoms with E-state index in [9.17, 15) is 4.79 Å². The van der Waals surface area contributed by atoms with Gasteiger partial charge in [-0.25, -0.2) is 0 Å². The molecule has 1 atom stereocenters. The highest BCUT2D eigenvalue weighted by atomic mass is 16.7. The van der Waals surface area contributed by atoms with Crippen molar-refractivity contribution in [1.29, 1.82) is 0 Å². The highest BCUT2D eigenvalue weighted by Gasteiger charge is 2.28. The zero-order valence-electron chi connectivity index (χ0n) is 15.6. The summed E-state index contributed by atoms with van der Waals surface area (Å²) in [6.07, 6.45) is 5.55. The van der Waals surface area contributed by atoms with Crippen LogP contribution in [0, 0.1) is 5.92 Å². The van der Waals surface area contributed by atoms with E-state index in [4.69, 9.17) is 18.9 Å². The number of allylic oxidation sites excluding steroid dienone is 2. The topological polar surface area (TPSA) is 54.0 Å². The van der Waals surface area contributed by atoms with Crippen LogP contribution in [0.2, 0.25) is 0 Å². The summed E-state index contributed by atoms with van der Waals surface area (Å²) in [6, 6.07) is 11.5. The summed E-state index contributed by atoms with van der Waals surface area (Å²) >= 11 is 0. The van der Waals surface area contributed by atoms with Crippen LogP contribution in [0.15, 0.2) is 47.5 Å². The Labute approximate surface area is 163 Å². The van der Waals surface area contributed by atoms with E-state index in [1.165, 1.54) is 0 Å². The van der Waals surface area contributed by atoms with Crippen LogP contribution in [0.3, 0.4) is 0 Å². The predicted octanol–water partition coefficient (Wildman–Crippen LogP) is 4.61. The molecule has 0 unspecified atom stereocenters. The minimum absolute atomic E-state index is 0.0757. The second kappa shape index (κ2) is 6.75. The number of Topliss-reactive ketones (excluding diaryl/α,β-unsaturated/α-hetero) is 1. The van der Waals surface area contributed by atoms with Gasteiger partial charge in [0.05, 0.1) is 0 Å². The first-order chi connectivity index (χ1) is 13.7. The molecule has 2 aliphatic heterocycles. The fourth-order valence-corrected chi connectivity index (χ4v) is 3.88. The van der Waals surface area contributed by atoms with Gasteiger partial charge >= 0.3 is 0 Å². The molecule has 142 valence electrons. The molecule has 0 saturated heterocycles. The van der Waals surface area contributed by atoms with Gasteiger partial charge in [0.2, 0.25) is 13.6 Å². The highest BCUT2D eigenvalue weighted by molar-refractivity contribution is 6.14. The van der Waals surface area contributed by atoms with Gasteiger partial charge in [0, 0.05) is 22.3 Å². The van der Waals surface area contributed by atoms with E-state index in [0.717, 1.165) is 46.6 Å². The first kappa shape index (κ1) is 16.9. The van der Waals surface area contributed by atoms with Crippen LogP contribution in [-0.4, -0.2) is 19.4 Å². The van der Waals surface area contributed by atoms with Gasteiger partial charge in [-0.1, -0.05) is 31.2 Å². The summed E-state index contributed by atoms with van der Waals surface area (Å²) < 4.78 is 22.1. The van der Waals surface area contributed by atoms with Crippen molar-refractivity contribution in [2.45, 2.75) is 19.8 Å². The number of para-hydroxylation sites is 2. The SMILES string of the molecule is C[C@H]1CC/C(=C\c2cccc3c2OCO3)C(=O)C1=Cc1cccc2c1OCO2. The van der Waals surface area contributed by atoms with Crippen molar-refractivity contribution in [2.75, 3.05) is 13.6 Å². The van der Waals surface area contributed by atoms with Crippen LogP contribution in [-0.2, 0) is 4.79 Å². The number of fused-ring (bicyclic) bond motifs is 2. The Morgan fingerprint density at radius 3 is 2.11 bits per heavy atom.